The van der Waals surface area contributed by atoms with Gasteiger partial charge < -0.3 is 4.74 Å². The number of carbonyl (C=O) groups is 1. The predicted molar refractivity (Wildman–Crippen MR) is 41.1 cm³/mol. The topological polar surface area (TPSA) is 38.7 Å². The van der Waals surface area contributed by atoms with Crippen molar-refractivity contribution in [3.8, 4) is 0 Å². The molecule has 0 rings (SSSR count). The zero-order valence-electron chi connectivity index (χ0n) is 5.79. The van der Waals surface area contributed by atoms with Gasteiger partial charge in [0.15, 0.2) is 0 Å². The van der Waals surface area contributed by atoms with Crippen molar-refractivity contribution in [3.63, 3.8) is 0 Å². The first kappa shape index (κ1) is 9.27. The lowest BCUT2D eigenvalue weighted by Crippen LogP contribution is -2.08. The summed E-state index contributed by atoms with van der Waals surface area (Å²) >= 11 is 4.26. The molecule has 0 saturated carbocycles. The van der Waals surface area contributed by atoms with E-state index in [2.05, 4.69) is 27.1 Å². The summed E-state index contributed by atoms with van der Waals surface area (Å²) in [5.41, 5.74) is 0. The van der Waals surface area contributed by atoms with Crippen molar-refractivity contribution < 1.29 is 9.53 Å². The highest BCUT2D eigenvalue weighted by Crippen LogP contribution is 1.82. The number of hydrogen-bond acceptors (Lipinski definition) is 4. The summed E-state index contributed by atoms with van der Waals surface area (Å²) in [6.45, 7) is 2.37. The number of ether oxygens (including phenoxy) is 1. The molecule has 0 atom stereocenters. The van der Waals surface area contributed by atoms with Gasteiger partial charge in [0.25, 0.3) is 0 Å². The van der Waals surface area contributed by atoms with Gasteiger partial charge in [0.05, 0.1) is 11.8 Å². The Hall–Kier alpha value is -0.730. The number of nitrogens with zero attached hydrogens (tertiary/aromatic N) is 1. The molecule has 0 bridgehead atoms. The highest BCUT2D eigenvalue weighted by molar-refractivity contribution is 7.78. The van der Waals surface area contributed by atoms with Crippen LogP contribution in [0.15, 0.2) is 4.99 Å². The maximum absolute atomic E-state index is 10.6. The van der Waals surface area contributed by atoms with Gasteiger partial charge in [0.2, 0.25) is 0 Å². The monoisotopic (exact) mass is 159 g/mol. The van der Waals surface area contributed by atoms with E-state index in [0.29, 0.717) is 6.61 Å². The number of esters is 1. The molecule has 0 fully saturated rings. The molecule has 0 aromatic carbocycles. The lowest BCUT2D eigenvalue weighted by atomic mass is 10.5. The van der Waals surface area contributed by atoms with Gasteiger partial charge in [-0.3, -0.25) is 4.79 Å². The fourth-order valence-corrected chi connectivity index (χ4v) is 0.423. The molecule has 3 nitrogen and oxygen atoms in total. The summed E-state index contributed by atoms with van der Waals surface area (Å²) in [7, 11) is 0. The number of rotatable bonds is 4. The normalized spacial score (nSPS) is 8.10. The molecular formula is C6H9NO2S. The van der Waals surface area contributed by atoms with E-state index in [1.165, 1.54) is 0 Å². The summed E-state index contributed by atoms with van der Waals surface area (Å²) < 4.78 is 4.67. The molecule has 0 N–H and O–H groups in total. The molecule has 0 saturated heterocycles. The molecule has 0 aromatic heterocycles. The Bertz CT molecular complexity index is 152. The van der Waals surface area contributed by atoms with E-state index in [4.69, 9.17) is 0 Å². The number of thiocarbonyl (C=S) groups is 1. The molecule has 0 heterocycles. The van der Waals surface area contributed by atoms with Crippen molar-refractivity contribution in [1.29, 1.82) is 0 Å². The fraction of sp³-hybridized carbons (Fsp3) is 0.667. The van der Waals surface area contributed by atoms with Gasteiger partial charge in [-0.25, -0.2) is 4.99 Å². The van der Waals surface area contributed by atoms with E-state index >= 15 is 0 Å². The third-order valence-corrected chi connectivity index (χ3v) is 0.869. The molecule has 0 spiro atoms. The largest absolute Gasteiger partial charge is 0.464 e. The molecule has 4 heteroatoms. The highest BCUT2D eigenvalue weighted by atomic mass is 32.1. The fourth-order valence-electron chi connectivity index (χ4n) is 0.358. The maximum atomic E-state index is 10.6. The molecule has 0 radical (unpaired) electrons. The van der Waals surface area contributed by atoms with Crippen molar-refractivity contribution in [3.05, 3.63) is 0 Å². The summed E-state index contributed by atoms with van der Waals surface area (Å²) in [6, 6.07) is 0. The zero-order valence-corrected chi connectivity index (χ0v) is 6.61. The van der Waals surface area contributed by atoms with Crippen molar-refractivity contribution in [2.45, 2.75) is 13.3 Å². The van der Waals surface area contributed by atoms with E-state index in [1.54, 1.807) is 0 Å². The molecule has 0 aliphatic rings. The van der Waals surface area contributed by atoms with Gasteiger partial charge >= 0.3 is 5.97 Å². The molecule has 0 aliphatic heterocycles. The van der Waals surface area contributed by atoms with Crippen LogP contribution in [0.3, 0.4) is 0 Å². The first-order valence-electron chi connectivity index (χ1n) is 3.00. The van der Waals surface area contributed by atoms with Gasteiger partial charge in [-0.2, -0.15) is 0 Å². The van der Waals surface area contributed by atoms with E-state index in [9.17, 15) is 4.79 Å². The second-order valence-electron chi connectivity index (χ2n) is 1.63. The van der Waals surface area contributed by atoms with Crippen LogP contribution in [0.4, 0.5) is 0 Å². The van der Waals surface area contributed by atoms with Crippen molar-refractivity contribution in [1.82, 2.24) is 0 Å². The SMILES string of the molecule is CCCOC(=O)CN=C=S. The van der Waals surface area contributed by atoms with Gasteiger partial charge in [-0.1, -0.05) is 6.92 Å². The Morgan fingerprint density at radius 3 is 3.00 bits per heavy atom. The smallest absolute Gasteiger partial charge is 0.328 e. The Labute approximate surface area is 65.1 Å². The summed E-state index contributed by atoms with van der Waals surface area (Å²) in [5.74, 6) is -0.348. The zero-order chi connectivity index (χ0) is 7.82. The Kier molecular flexibility index (Phi) is 5.92. The van der Waals surface area contributed by atoms with Gasteiger partial charge in [-0.15, -0.1) is 0 Å². The van der Waals surface area contributed by atoms with Crippen LogP contribution in [0.2, 0.25) is 0 Å². The van der Waals surface area contributed by atoms with Crippen molar-refractivity contribution in [2.24, 2.45) is 4.99 Å². The molecule has 0 unspecified atom stereocenters. The summed E-state index contributed by atoms with van der Waals surface area (Å²) in [5, 5.41) is 2.08. The van der Waals surface area contributed by atoms with Gasteiger partial charge in [0, 0.05) is 0 Å². The lowest BCUT2D eigenvalue weighted by molar-refractivity contribution is -0.141. The Balaban J connectivity index is 3.34. The van der Waals surface area contributed by atoms with E-state index in [-0.39, 0.29) is 12.5 Å². The molecular weight excluding hydrogens is 150 g/mol. The number of hydrogen-bond donors (Lipinski definition) is 0. The van der Waals surface area contributed by atoms with Crippen LogP contribution in [-0.4, -0.2) is 24.3 Å². The van der Waals surface area contributed by atoms with Gasteiger partial charge in [-0.05, 0) is 18.6 Å². The van der Waals surface area contributed by atoms with E-state index < -0.39 is 0 Å². The third kappa shape index (κ3) is 5.41. The molecule has 56 valence electrons. The first-order chi connectivity index (χ1) is 4.81. The standard InChI is InChI=1S/C6H9NO2S/c1-2-3-9-6(8)4-7-5-10/h2-4H2,1H3. The highest BCUT2D eigenvalue weighted by Gasteiger charge is 1.97. The van der Waals surface area contributed by atoms with Crippen LogP contribution < -0.4 is 0 Å². The lowest BCUT2D eigenvalue weighted by Gasteiger charge is -1.97. The molecule has 0 aliphatic carbocycles. The van der Waals surface area contributed by atoms with Gasteiger partial charge in [0.1, 0.15) is 6.54 Å². The summed E-state index contributed by atoms with van der Waals surface area (Å²) in [6.07, 6.45) is 0.826. The Morgan fingerprint density at radius 1 is 1.80 bits per heavy atom. The van der Waals surface area contributed by atoms with Crippen LogP contribution in [0.25, 0.3) is 0 Å². The minimum Gasteiger partial charge on any atom is -0.464 e. The molecule has 0 aromatic rings. The van der Waals surface area contributed by atoms with Crippen LogP contribution >= 0.6 is 12.2 Å². The minimum absolute atomic E-state index is 0.0104. The van der Waals surface area contributed by atoms with E-state index in [0.717, 1.165) is 6.42 Å². The second-order valence-corrected chi connectivity index (χ2v) is 1.81. The number of carbonyl (C=O) groups excluding carboxylic acids is 1. The van der Waals surface area contributed by atoms with Crippen LogP contribution in [-0.2, 0) is 9.53 Å². The first-order valence-corrected chi connectivity index (χ1v) is 3.41. The van der Waals surface area contributed by atoms with Crippen molar-refractivity contribution >= 4 is 23.3 Å². The van der Waals surface area contributed by atoms with E-state index in [1.807, 2.05) is 6.92 Å². The quantitative estimate of drug-likeness (QED) is 0.349. The second kappa shape index (κ2) is 6.39. The average molecular weight is 159 g/mol. The number of isothiocyanates is 1. The predicted octanol–water partition coefficient (Wildman–Crippen LogP) is 1.04. The minimum atomic E-state index is -0.348. The molecule has 0 amide bonds. The van der Waals surface area contributed by atoms with Crippen molar-refractivity contribution in [2.75, 3.05) is 13.2 Å². The summed E-state index contributed by atoms with van der Waals surface area (Å²) in [4.78, 5) is 14.0. The molecule has 10 heavy (non-hydrogen) atoms. The average Bonchev–Trinajstić information content (AvgIpc) is 1.97. The third-order valence-electron chi connectivity index (χ3n) is 0.740. The van der Waals surface area contributed by atoms with Crippen LogP contribution in [0, 0.1) is 0 Å². The number of aliphatic imine (C=N–C) groups is 1. The Morgan fingerprint density at radius 2 is 2.50 bits per heavy atom. The van der Waals surface area contributed by atoms with Crippen LogP contribution in [0.1, 0.15) is 13.3 Å². The maximum Gasteiger partial charge on any atom is 0.328 e. The van der Waals surface area contributed by atoms with Crippen LogP contribution in [0.5, 0.6) is 0 Å².